The molecule has 0 spiro atoms. The summed E-state index contributed by atoms with van der Waals surface area (Å²) in [6, 6.07) is 0. The number of ether oxygens (including phenoxy) is 1. The Morgan fingerprint density at radius 2 is 2.07 bits per heavy atom. The average Bonchev–Trinajstić information content (AvgIpc) is 2.19. The summed E-state index contributed by atoms with van der Waals surface area (Å²) < 4.78 is 4.49. The van der Waals surface area contributed by atoms with Crippen molar-refractivity contribution >= 4 is 40.9 Å². The largest absolute Gasteiger partial charge is 0.464 e. The lowest BCUT2D eigenvalue weighted by molar-refractivity contribution is 0.0593. The Morgan fingerprint density at radius 3 is 2.57 bits per heavy atom. The molecule has 0 unspecified atom stereocenters. The molecule has 0 bridgehead atoms. The van der Waals surface area contributed by atoms with Gasteiger partial charge in [0.15, 0.2) is 5.69 Å². The van der Waals surface area contributed by atoms with E-state index in [0.29, 0.717) is 5.03 Å². The van der Waals surface area contributed by atoms with E-state index >= 15 is 0 Å². The molecule has 0 amide bonds. The molecule has 0 N–H and O–H groups in total. The number of methoxy groups -OCH3 is 1. The molecule has 4 nitrogen and oxygen atoms in total. The minimum absolute atomic E-state index is 0.0153. The third-order valence-electron chi connectivity index (χ3n) is 1.37. The SMILES string of the molecule is COC(=O)c1nc(Cl)nc(SC)c1Cl. The Morgan fingerprint density at radius 1 is 1.43 bits per heavy atom. The van der Waals surface area contributed by atoms with Crippen LogP contribution in [0.15, 0.2) is 5.03 Å². The van der Waals surface area contributed by atoms with Gasteiger partial charge in [-0.05, 0) is 17.9 Å². The Balaban J connectivity index is 3.29. The Hall–Kier alpha value is -0.520. The molecule has 0 radical (unpaired) electrons. The van der Waals surface area contributed by atoms with Crippen LogP contribution < -0.4 is 0 Å². The smallest absolute Gasteiger partial charge is 0.358 e. The number of esters is 1. The second kappa shape index (κ2) is 4.82. The van der Waals surface area contributed by atoms with Gasteiger partial charge in [-0.2, -0.15) is 0 Å². The van der Waals surface area contributed by atoms with Gasteiger partial charge in [0.1, 0.15) is 10.0 Å². The van der Waals surface area contributed by atoms with Crippen molar-refractivity contribution in [3.63, 3.8) is 0 Å². The van der Waals surface area contributed by atoms with E-state index in [2.05, 4.69) is 14.7 Å². The highest BCUT2D eigenvalue weighted by molar-refractivity contribution is 7.98. The number of rotatable bonds is 2. The summed E-state index contributed by atoms with van der Waals surface area (Å²) in [7, 11) is 1.24. The van der Waals surface area contributed by atoms with Crippen LogP contribution >= 0.6 is 35.0 Å². The van der Waals surface area contributed by atoms with Crippen LogP contribution in [0.4, 0.5) is 0 Å². The molecule has 1 rings (SSSR count). The first kappa shape index (κ1) is 11.6. The van der Waals surface area contributed by atoms with Crippen LogP contribution in [-0.2, 0) is 4.74 Å². The van der Waals surface area contributed by atoms with E-state index in [4.69, 9.17) is 23.2 Å². The third-order valence-corrected chi connectivity index (χ3v) is 2.69. The molecule has 0 aliphatic carbocycles. The molecule has 0 aromatic carbocycles. The van der Waals surface area contributed by atoms with Gasteiger partial charge in [0, 0.05) is 0 Å². The van der Waals surface area contributed by atoms with Crippen molar-refractivity contribution in [1.82, 2.24) is 9.97 Å². The van der Waals surface area contributed by atoms with Crippen LogP contribution in [0.25, 0.3) is 0 Å². The fraction of sp³-hybridized carbons (Fsp3) is 0.286. The third kappa shape index (κ3) is 2.29. The summed E-state index contributed by atoms with van der Waals surface area (Å²) in [5.41, 5.74) is -0.0153. The van der Waals surface area contributed by atoms with E-state index in [0.717, 1.165) is 0 Å². The van der Waals surface area contributed by atoms with Gasteiger partial charge < -0.3 is 4.74 Å². The van der Waals surface area contributed by atoms with Crippen molar-refractivity contribution in [1.29, 1.82) is 0 Å². The van der Waals surface area contributed by atoms with Crippen LogP contribution in [0.2, 0.25) is 10.3 Å². The molecular weight excluding hydrogens is 247 g/mol. The molecule has 0 atom stereocenters. The zero-order chi connectivity index (χ0) is 10.7. The van der Waals surface area contributed by atoms with Crippen molar-refractivity contribution < 1.29 is 9.53 Å². The van der Waals surface area contributed by atoms with Gasteiger partial charge in [-0.3, -0.25) is 0 Å². The molecule has 0 aliphatic heterocycles. The second-order valence-corrected chi connectivity index (χ2v) is 3.67. The first-order valence-corrected chi connectivity index (χ1v) is 5.43. The monoisotopic (exact) mass is 252 g/mol. The number of halogens is 2. The highest BCUT2D eigenvalue weighted by Gasteiger charge is 2.18. The quantitative estimate of drug-likeness (QED) is 0.350. The second-order valence-electron chi connectivity index (χ2n) is 2.16. The van der Waals surface area contributed by atoms with Crippen molar-refractivity contribution in [2.24, 2.45) is 0 Å². The van der Waals surface area contributed by atoms with Crippen LogP contribution in [0, 0.1) is 0 Å². The van der Waals surface area contributed by atoms with E-state index in [1.54, 1.807) is 6.26 Å². The van der Waals surface area contributed by atoms with Gasteiger partial charge in [0.25, 0.3) is 0 Å². The van der Waals surface area contributed by atoms with Gasteiger partial charge in [0.2, 0.25) is 5.28 Å². The molecule has 1 heterocycles. The fourth-order valence-electron chi connectivity index (χ4n) is 0.768. The molecule has 0 aliphatic rings. The molecule has 0 saturated heterocycles. The summed E-state index contributed by atoms with van der Waals surface area (Å²) in [6.45, 7) is 0. The summed E-state index contributed by atoms with van der Waals surface area (Å²) in [5, 5.41) is 0.583. The molecular formula is C7H6Cl2N2O2S. The lowest BCUT2D eigenvalue weighted by Gasteiger charge is -2.04. The zero-order valence-corrected chi connectivity index (χ0v) is 9.70. The number of carbonyl (C=O) groups is 1. The number of nitrogens with zero attached hydrogens (tertiary/aromatic N) is 2. The zero-order valence-electron chi connectivity index (χ0n) is 7.38. The first-order valence-electron chi connectivity index (χ1n) is 3.45. The summed E-state index contributed by atoms with van der Waals surface area (Å²) >= 11 is 12.7. The minimum atomic E-state index is -0.630. The van der Waals surface area contributed by atoms with Crippen LogP contribution in [-0.4, -0.2) is 29.3 Å². The molecule has 0 fully saturated rings. The normalized spacial score (nSPS) is 10.0. The molecule has 7 heteroatoms. The van der Waals surface area contributed by atoms with Crippen LogP contribution in [0.5, 0.6) is 0 Å². The average molecular weight is 253 g/mol. The number of hydrogen-bond acceptors (Lipinski definition) is 5. The number of thioether (sulfide) groups is 1. The number of hydrogen-bond donors (Lipinski definition) is 0. The maximum absolute atomic E-state index is 11.2. The number of carbonyl (C=O) groups excluding carboxylic acids is 1. The van der Waals surface area contributed by atoms with E-state index in [1.807, 2.05) is 0 Å². The molecule has 1 aromatic heterocycles. The Bertz CT molecular complexity index is 373. The minimum Gasteiger partial charge on any atom is -0.464 e. The van der Waals surface area contributed by atoms with Crippen molar-refractivity contribution in [3.8, 4) is 0 Å². The molecule has 1 aromatic rings. The maximum atomic E-state index is 11.2. The molecule has 0 saturated carbocycles. The first-order chi connectivity index (χ1) is 6.60. The fourth-order valence-corrected chi connectivity index (χ4v) is 1.83. The van der Waals surface area contributed by atoms with Crippen molar-refractivity contribution in [2.75, 3.05) is 13.4 Å². The molecule has 14 heavy (non-hydrogen) atoms. The predicted molar refractivity (Wildman–Crippen MR) is 55.2 cm³/mol. The summed E-state index contributed by atoms with van der Waals surface area (Å²) in [4.78, 5) is 18.7. The van der Waals surface area contributed by atoms with Crippen LogP contribution in [0.1, 0.15) is 10.5 Å². The van der Waals surface area contributed by atoms with Gasteiger partial charge >= 0.3 is 5.97 Å². The standard InChI is InChI=1S/C7H6Cl2N2O2S/c1-13-6(12)4-3(8)5(14-2)11-7(9)10-4/h1-2H3. The highest BCUT2D eigenvalue weighted by atomic mass is 35.5. The molecule has 76 valence electrons. The predicted octanol–water partition coefficient (Wildman–Crippen LogP) is 2.29. The van der Waals surface area contributed by atoms with Gasteiger partial charge in [-0.15, -0.1) is 11.8 Å². The lowest BCUT2D eigenvalue weighted by atomic mass is 10.4. The van der Waals surface area contributed by atoms with E-state index in [9.17, 15) is 4.79 Å². The van der Waals surface area contributed by atoms with E-state index < -0.39 is 5.97 Å². The van der Waals surface area contributed by atoms with Gasteiger partial charge in [-0.25, -0.2) is 14.8 Å². The van der Waals surface area contributed by atoms with Crippen LogP contribution in [0.3, 0.4) is 0 Å². The maximum Gasteiger partial charge on any atom is 0.358 e. The topological polar surface area (TPSA) is 52.1 Å². The highest BCUT2D eigenvalue weighted by Crippen LogP contribution is 2.27. The summed E-state index contributed by atoms with van der Waals surface area (Å²) in [6.07, 6.45) is 1.77. The van der Waals surface area contributed by atoms with Gasteiger partial charge in [0.05, 0.1) is 7.11 Å². The van der Waals surface area contributed by atoms with Gasteiger partial charge in [-0.1, -0.05) is 11.6 Å². The van der Waals surface area contributed by atoms with E-state index in [-0.39, 0.29) is 16.0 Å². The summed E-state index contributed by atoms with van der Waals surface area (Å²) in [5.74, 6) is -0.630. The van der Waals surface area contributed by atoms with Crippen molar-refractivity contribution in [3.05, 3.63) is 16.0 Å². The Labute approximate surface area is 95.0 Å². The van der Waals surface area contributed by atoms with Crippen molar-refractivity contribution in [2.45, 2.75) is 5.03 Å². The Kier molecular flexibility index (Phi) is 3.97. The lowest BCUT2D eigenvalue weighted by Crippen LogP contribution is -2.07. The number of aromatic nitrogens is 2. The van der Waals surface area contributed by atoms with E-state index in [1.165, 1.54) is 18.9 Å².